The maximum atomic E-state index is 11.9. The molecule has 5 heteroatoms. The Hall–Kier alpha value is -1.13. The Morgan fingerprint density at radius 3 is 2.45 bits per heavy atom. The van der Waals surface area contributed by atoms with Gasteiger partial charge in [-0.25, -0.2) is 0 Å². The number of ether oxygens (including phenoxy) is 2. The highest BCUT2D eigenvalue weighted by Crippen LogP contribution is 2.35. The minimum absolute atomic E-state index is 0.0576. The van der Waals surface area contributed by atoms with E-state index < -0.39 is 10.8 Å². The third-order valence-electron chi connectivity index (χ3n) is 2.71. The monoisotopic (exact) mass is 314 g/mol. The van der Waals surface area contributed by atoms with Crippen LogP contribution < -0.4 is 0 Å². The normalized spacial score (nSPS) is 13.7. The molecule has 0 aromatic heterocycles. The van der Waals surface area contributed by atoms with Gasteiger partial charge in [-0.05, 0) is 23.7 Å². The van der Waals surface area contributed by atoms with Crippen molar-refractivity contribution in [3.05, 3.63) is 35.9 Å². The van der Waals surface area contributed by atoms with Crippen LogP contribution in [0.5, 0.6) is 0 Å². The molecule has 1 atom stereocenters. The summed E-state index contributed by atoms with van der Waals surface area (Å²) in [4.78, 5) is 10.8. The molecule has 0 aliphatic rings. The fourth-order valence-corrected chi connectivity index (χ4v) is 2.17. The third kappa shape index (κ3) is 4.46. The van der Waals surface area contributed by atoms with Crippen molar-refractivity contribution in [1.82, 2.24) is 0 Å². The van der Waals surface area contributed by atoms with E-state index >= 15 is 0 Å². The van der Waals surface area contributed by atoms with Crippen LogP contribution in [-0.2, 0) is 19.1 Å². The molecule has 0 bridgehead atoms. The molecule has 20 heavy (non-hydrogen) atoms. The fourth-order valence-electron chi connectivity index (χ4n) is 1.67. The Morgan fingerprint density at radius 1 is 1.35 bits per heavy atom. The molecule has 1 aromatic carbocycles. The summed E-state index contributed by atoms with van der Waals surface area (Å²) in [6.45, 7) is 4.30. The van der Waals surface area contributed by atoms with Gasteiger partial charge < -0.3 is 9.47 Å². The number of esters is 1. The van der Waals surface area contributed by atoms with Crippen LogP contribution in [0.25, 0.3) is 0 Å². The predicted molar refractivity (Wildman–Crippen MR) is 84.0 cm³/mol. The van der Waals surface area contributed by atoms with Crippen LogP contribution in [0.4, 0.5) is 0 Å². The third-order valence-corrected chi connectivity index (χ3v) is 3.86. The van der Waals surface area contributed by atoms with Crippen molar-refractivity contribution in [3.63, 3.8) is 0 Å². The summed E-state index contributed by atoms with van der Waals surface area (Å²) in [5.41, 5.74) is 0.718. The lowest BCUT2D eigenvalue weighted by Gasteiger charge is -2.26. The zero-order chi connectivity index (χ0) is 15.2. The van der Waals surface area contributed by atoms with Gasteiger partial charge in [0, 0.05) is 0 Å². The van der Waals surface area contributed by atoms with E-state index in [0.717, 1.165) is 5.56 Å². The van der Waals surface area contributed by atoms with Gasteiger partial charge in [0.25, 0.3) is 0 Å². The van der Waals surface area contributed by atoms with E-state index in [4.69, 9.17) is 33.3 Å². The van der Waals surface area contributed by atoms with Crippen molar-refractivity contribution in [2.24, 2.45) is 5.92 Å². The van der Waals surface area contributed by atoms with Crippen LogP contribution in [0.15, 0.2) is 30.3 Å². The minimum Gasteiger partial charge on any atom is -0.488 e. The highest BCUT2D eigenvalue weighted by molar-refractivity contribution is 7.80. The van der Waals surface area contributed by atoms with Crippen LogP contribution in [-0.4, -0.2) is 24.7 Å². The smallest absolute Gasteiger partial charge is 0.308 e. The molecule has 0 saturated carbocycles. The fraction of sp³-hybridized carbons (Fsp3) is 0.467. The summed E-state index contributed by atoms with van der Waals surface area (Å²) < 4.78 is 10.3. The van der Waals surface area contributed by atoms with Crippen LogP contribution >= 0.6 is 23.8 Å². The lowest BCUT2D eigenvalue weighted by Crippen LogP contribution is -2.33. The number of thiocarbonyl (C=S) groups is 1. The molecule has 1 unspecified atom stereocenters. The number of hydrogen-bond acceptors (Lipinski definition) is 4. The lowest BCUT2D eigenvalue weighted by molar-refractivity contribution is -0.145. The first-order chi connectivity index (χ1) is 9.40. The highest BCUT2D eigenvalue weighted by atomic mass is 35.5. The number of carbonyl (C=O) groups is 1. The molecule has 0 N–H and O–H groups in total. The van der Waals surface area contributed by atoms with E-state index in [1.54, 1.807) is 0 Å². The van der Waals surface area contributed by atoms with Crippen LogP contribution in [0.2, 0.25) is 0 Å². The van der Waals surface area contributed by atoms with Gasteiger partial charge in [-0.15, -0.1) is 11.6 Å². The van der Waals surface area contributed by atoms with Crippen LogP contribution in [0, 0.1) is 5.92 Å². The average Bonchev–Trinajstić information content (AvgIpc) is 2.45. The van der Waals surface area contributed by atoms with Crippen LogP contribution in [0.1, 0.15) is 25.8 Å². The molecule has 0 amide bonds. The molecule has 1 aromatic rings. The number of alkyl halides is 1. The van der Waals surface area contributed by atoms with Crippen molar-refractivity contribution >= 4 is 34.8 Å². The predicted octanol–water partition coefficient (Wildman–Crippen LogP) is 3.68. The van der Waals surface area contributed by atoms with Gasteiger partial charge in [-0.3, -0.25) is 4.79 Å². The molecule has 110 valence electrons. The molecule has 0 aliphatic carbocycles. The van der Waals surface area contributed by atoms with E-state index in [0.29, 0.717) is 6.61 Å². The molecule has 0 saturated heterocycles. The number of benzene rings is 1. The van der Waals surface area contributed by atoms with Crippen molar-refractivity contribution in [3.8, 4) is 0 Å². The molecule has 3 nitrogen and oxygen atoms in total. The molecular formula is C15H19ClO3S. The largest absolute Gasteiger partial charge is 0.488 e. The first kappa shape index (κ1) is 16.9. The molecule has 1 rings (SSSR count). The second-order valence-electron chi connectivity index (χ2n) is 4.91. The first-order valence-electron chi connectivity index (χ1n) is 6.38. The summed E-state index contributed by atoms with van der Waals surface area (Å²) in [5, 5.41) is 0.159. The highest BCUT2D eigenvalue weighted by Gasteiger charge is 2.39. The Balaban J connectivity index is 2.91. The van der Waals surface area contributed by atoms with E-state index in [1.807, 2.05) is 44.2 Å². The summed E-state index contributed by atoms with van der Waals surface area (Å²) in [6.07, 6.45) is -0.0576. The minimum atomic E-state index is -1.18. The zero-order valence-corrected chi connectivity index (χ0v) is 13.5. The van der Waals surface area contributed by atoms with Gasteiger partial charge in [0.05, 0.1) is 20.1 Å². The van der Waals surface area contributed by atoms with E-state index in [9.17, 15) is 4.79 Å². The molecule has 0 spiro atoms. The maximum Gasteiger partial charge on any atom is 0.308 e. The van der Waals surface area contributed by atoms with Gasteiger partial charge in [0.1, 0.15) is 4.87 Å². The van der Waals surface area contributed by atoms with Gasteiger partial charge in [-0.2, -0.15) is 0 Å². The van der Waals surface area contributed by atoms with Gasteiger partial charge in [0.2, 0.25) is 0 Å². The van der Waals surface area contributed by atoms with Crippen molar-refractivity contribution in [1.29, 1.82) is 0 Å². The molecule has 0 heterocycles. The molecule has 0 fully saturated rings. The Morgan fingerprint density at radius 2 is 1.95 bits per heavy atom. The standard InChI is InChI=1S/C15H19ClO3S/c1-11(2)10-19-13(17)9-15(16,14(20)18-3)12-7-5-4-6-8-12/h4-8,11H,9-10H2,1-3H3. The molecule has 0 aliphatic heterocycles. The summed E-state index contributed by atoms with van der Waals surface area (Å²) in [6, 6.07) is 9.17. The first-order valence-corrected chi connectivity index (χ1v) is 7.17. The summed E-state index contributed by atoms with van der Waals surface area (Å²) in [7, 11) is 1.45. The van der Waals surface area contributed by atoms with Crippen molar-refractivity contribution < 1.29 is 14.3 Å². The van der Waals surface area contributed by atoms with Crippen molar-refractivity contribution in [2.75, 3.05) is 13.7 Å². The van der Waals surface area contributed by atoms with Gasteiger partial charge in [0.15, 0.2) is 5.05 Å². The topological polar surface area (TPSA) is 35.5 Å². The summed E-state index contributed by atoms with van der Waals surface area (Å²) in [5.74, 6) is -0.119. The second kappa shape index (κ2) is 7.60. The Labute approximate surface area is 130 Å². The number of carbonyl (C=O) groups excluding carboxylic acids is 1. The number of halogens is 1. The lowest BCUT2D eigenvalue weighted by atomic mass is 9.95. The van der Waals surface area contributed by atoms with E-state index in [2.05, 4.69) is 0 Å². The van der Waals surface area contributed by atoms with Gasteiger partial charge in [-0.1, -0.05) is 44.2 Å². The second-order valence-corrected chi connectivity index (χ2v) is 5.93. The number of rotatable bonds is 6. The number of hydrogen-bond donors (Lipinski definition) is 0. The van der Waals surface area contributed by atoms with Gasteiger partial charge >= 0.3 is 5.97 Å². The molecular weight excluding hydrogens is 296 g/mol. The maximum absolute atomic E-state index is 11.9. The Bertz CT molecular complexity index is 461. The van der Waals surface area contributed by atoms with Crippen molar-refractivity contribution in [2.45, 2.75) is 25.1 Å². The molecule has 0 radical (unpaired) electrons. The SMILES string of the molecule is COC(=S)C(Cl)(CC(=O)OCC(C)C)c1ccccc1. The quantitative estimate of drug-likeness (QED) is 0.456. The van der Waals surface area contributed by atoms with E-state index in [-0.39, 0.29) is 17.4 Å². The average molecular weight is 315 g/mol. The zero-order valence-electron chi connectivity index (χ0n) is 11.9. The Kier molecular flexibility index (Phi) is 6.43. The van der Waals surface area contributed by atoms with Crippen LogP contribution in [0.3, 0.4) is 0 Å². The summed E-state index contributed by atoms with van der Waals surface area (Å²) >= 11 is 11.7. The van der Waals surface area contributed by atoms with E-state index in [1.165, 1.54) is 7.11 Å². The number of methoxy groups -OCH3 is 1.